The summed E-state index contributed by atoms with van der Waals surface area (Å²) in [5.74, 6) is 0.0446. The van der Waals surface area contributed by atoms with Gasteiger partial charge in [0.15, 0.2) is 0 Å². The summed E-state index contributed by atoms with van der Waals surface area (Å²) < 4.78 is 4.74. The van der Waals surface area contributed by atoms with Gasteiger partial charge in [0.25, 0.3) is 0 Å². The lowest BCUT2D eigenvalue weighted by Gasteiger charge is -2.25. The number of nitrogens with zero attached hydrogens (tertiary/aromatic N) is 2. The van der Waals surface area contributed by atoms with Crippen LogP contribution >= 0.6 is 0 Å². The molecule has 0 aromatic carbocycles. The van der Waals surface area contributed by atoms with Gasteiger partial charge < -0.3 is 10.5 Å². The number of hydrogen-bond donors (Lipinski definition) is 3. The maximum atomic E-state index is 11.7. The Balaban J connectivity index is 1.98. The number of hydrogen-bond acceptors (Lipinski definition) is 6. The van der Waals surface area contributed by atoms with Gasteiger partial charge in [-0.25, -0.2) is 10.3 Å². The Bertz CT molecular complexity index is 531. The molecule has 1 saturated carbocycles. The number of carbonyl (C=O) groups is 2. The van der Waals surface area contributed by atoms with Crippen LogP contribution in [0.1, 0.15) is 57.8 Å². The highest BCUT2D eigenvalue weighted by Crippen LogP contribution is 2.32. The van der Waals surface area contributed by atoms with Crippen LogP contribution in [0.3, 0.4) is 0 Å². The largest absolute Gasteiger partial charge is 0.439 e. The first-order valence-corrected chi connectivity index (χ1v) is 9.33. The molecule has 1 aliphatic carbocycles. The Kier molecular flexibility index (Phi) is 7.36. The quantitative estimate of drug-likeness (QED) is 0.359. The minimum atomic E-state index is -0.957. The number of nitrogens with two attached hydrogens (primary N) is 1. The maximum absolute atomic E-state index is 11.7. The fourth-order valence-electron chi connectivity index (χ4n) is 3.78. The Morgan fingerprint density at radius 2 is 2.08 bits per heavy atom. The van der Waals surface area contributed by atoms with Crippen molar-refractivity contribution < 1.29 is 29.0 Å². The number of amides is 2. The Morgan fingerprint density at radius 1 is 1.38 bits per heavy atom. The van der Waals surface area contributed by atoms with Crippen LogP contribution in [0, 0.1) is 11.8 Å². The minimum absolute atomic E-state index is 0.0594. The minimum Gasteiger partial charge on any atom is -0.344 e. The van der Waals surface area contributed by atoms with Gasteiger partial charge in [-0.1, -0.05) is 44.9 Å². The number of nitrogens with one attached hydrogen (secondary N) is 1. The molecule has 2 atom stereocenters. The van der Waals surface area contributed by atoms with Crippen molar-refractivity contribution >= 4 is 18.0 Å². The predicted molar refractivity (Wildman–Crippen MR) is 93.5 cm³/mol. The van der Waals surface area contributed by atoms with Crippen molar-refractivity contribution in [2.24, 2.45) is 22.6 Å². The summed E-state index contributed by atoms with van der Waals surface area (Å²) in [6.07, 6.45) is 7.80. The predicted octanol–water partition coefficient (Wildman–Crippen LogP) is 2.05. The van der Waals surface area contributed by atoms with E-state index in [-0.39, 0.29) is 23.0 Å². The smallest absolute Gasteiger partial charge is 0.344 e. The van der Waals surface area contributed by atoms with Gasteiger partial charge in [-0.05, 0) is 12.3 Å². The topological polar surface area (TPSA) is 123 Å². The molecule has 0 saturated heterocycles. The van der Waals surface area contributed by atoms with Gasteiger partial charge in [-0.3, -0.25) is 10.0 Å². The second-order valence-electron chi connectivity index (χ2n) is 7.61. The molecule has 2 rings (SSSR count). The molecule has 0 radical (unpaired) electrons. The fraction of sp³-hybridized carbons (Fsp3) is 0.824. The van der Waals surface area contributed by atoms with Crippen LogP contribution in [0.2, 0.25) is 0 Å². The van der Waals surface area contributed by atoms with Gasteiger partial charge in [0.05, 0.1) is 0 Å². The molecule has 0 spiro atoms. The standard InChI is InChI=1S/C17H30N4O5/c1-21(2)17(25-16(18)23)19-15(26-21)13(11-14(22)20-24)10-6-9-12-7-4-3-5-8-12/h12-13,15H,3-11H2,1-2H3,(H3-,18,20,22,23,24)/p+1/t13-,15?/m1/s1. The third-order valence-electron chi connectivity index (χ3n) is 5.15. The van der Waals surface area contributed by atoms with Gasteiger partial charge in [0.1, 0.15) is 14.1 Å². The number of quaternary nitrogens is 1. The monoisotopic (exact) mass is 371 g/mol. The van der Waals surface area contributed by atoms with Crippen LogP contribution in [0.5, 0.6) is 0 Å². The zero-order valence-electron chi connectivity index (χ0n) is 15.6. The summed E-state index contributed by atoms with van der Waals surface area (Å²) in [6, 6.07) is 0.0594. The number of ether oxygens (including phenoxy) is 1. The molecule has 1 heterocycles. The summed E-state index contributed by atoms with van der Waals surface area (Å²) in [7, 11) is 3.35. The lowest BCUT2D eigenvalue weighted by Crippen LogP contribution is -2.45. The van der Waals surface area contributed by atoms with Gasteiger partial charge >= 0.3 is 12.1 Å². The maximum Gasteiger partial charge on any atom is 0.439 e. The normalized spacial score (nSPS) is 24.0. The third-order valence-corrected chi connectivity index (χ3v) is 5.15. The van der Waals surface area contributed by atoms with Crippen LogP contribution in [0.25, 0.3) is 0 Å². The van der Waals surface area contributed by atoms with E-state index in [0.717, 1.165) is 25.2 Å². The summed E-state index contributed by atoms with van der Waals surface area (Å²) in [5.41, 5.74) is 6.74. The van der Waals surface area contributed by atoms with Crippen LogP contribution < -0.4 is 11.2 Å². The molecule has 2 aliphatic rings. The van der Waals surface area contributed by atoms with E-state index in [2.05, 4.69) is 4.99 Å². The Labute approximate surface area is 154 Å². The number of rotatable bonds is 7. The SMILES string of the molecule is C[N+]1(C)OC([C@H](CCCC2CCCCC2)CC(=O)NO)N=C1OC(N)=O. The molecule has 0 aromatic rings. The number of amidine groups is 1. The fourth-order valence-corrected chi connectivity index (χ4v) is 3.78. The van der Waals surface area contributed by atoms with Gasteiger partial charge in [-0.15, -0.1) is 4.65 Å². The summed E-state index contributed by atoms with van der Waals surface area (Å²) >= 11 is 0. The molecule has 1 aliphatic heterocycles. The van der Waals surface area contributed by atoms with Gasteiger partial charge in [0, 0.05) is 12.3 Å². The number of primary amides is 1. The van der Waals surface area contributed by atoms with Crippen LogP contribution in [-0.2, 0) is 14.4 Å². The first-order valence-electron chi connectivity index (χ1n) is 9.33. The summed E-state index contributed by atoms with van der Waals surface area (Å²) in [5, 5.41) is 8.86. The van der Waals surface area contributed by atoms with E-state index >= 15 is 0 Å². The molecule has 9 heteroatoms. The highest BCUT2D eigenvalue weighted by molar-refractivity contribution is 5.82. The second kappa shape index (κ2) is 9.29. The number of carbonyl (C=O) groups excluding carboxylic acids is 2. The molecule has 26 heavy (non-hydrogen) atoms. The third kappa shape index (κ3) is 5.93. The average molecular weight is 371 g/mol. The highest BCUT2D eigenvalue weighted by Gasteiger charge is 2.45. The van der Waals surface area contributed by atoms with Crippen LogP contribution in [0.4, 0.5) is 4.79 Å². The molecule has 1 fully saturated rings. The van der Waals surface area contributed by atoms with E-state index in [0.29, 0.717) is 0 Å². The van der Waals surface area contributed by atoms with E-state index in [4.69, 9.17) is 20.5 Å². The molecular weight excluding hydrogens is 340 g/mol. The van der Waals surface area contributed by atoms with Crippen molar-refractivity contribution in [2.45, 2.75) is 64.0 Å². The van der Waals surface area contributed by atoms with Crippen LogP contribution in [-0.4, -0.2) is 48.2 Å². The zero-order valence-corrected chi connectivity index (χ0v) is 15.6. The number of hydroxylamine groups is 4. The molecule has 4 N–H and O–H groups in total. The zero-order chi connectivity index (χ0) is 19.2. The second-order valence-corrected chi connectivity index (χ2v) is 7.61. The van der Waals surface area contributed by atoms with E-state index < -0.39 is 18.2 Å². The highest BCUT2D eigenvalue weighted by atomic mass is 16.8. The molecule has 0 bridgehead atoms. The Morgan fingerprint density at radius 3 is 2.69 bits per heavy atom. The first-order chi connectivity index (χ1) is 12.3. The average Bonchev–Trinajstić information content (AvgIpc) is 2.88. The van der Waals surface area contributed by atoms with E-state index in [1.165, 1.54) is 32.1 Å². The Hall–Kier alpha value is -1.71. The molecule has 9 nitrogen and oxygen atoms in total. The lowest BCUT2D eigenvalue weighted by molar-refractivity contribution is -1.01. The molecule has 0 aromatic heterocycles. The van der Waals surface area contributed by atoms with Crippen molar-refractivity contribution in [2.75, 3.05) is 14.1 Å². The summed E-state index contributed by atoms with van der Waals surface area (Å²) in [4.78, 5) is 32.9. The van der Waals surface area contributed by atoms with Crippen molar-refractivity contribution in [1.29, 1.82) is 0 Å². The molecule has 148 valence electrons. The van der Waals surface area contributed by atoms with Gasteiger partial charge in [0.2, 0.25) is 12.1 Å². The van der Waals surface area contributed by atoms with Crippen molar-refractivity contribution in [3.05, 3.63) is 0 Å². The lowest BCUT2D eigenvalue weighted by atomic mass is 9.84. The van der Waals surface area contributed by atoms with Crippen molar-refractivity contribution in [1.82, 2.24) is 5.48 Å². The first kappa shape index (κ1) is 20.6. The van der Waals surface area contributed by atoms with E-state index in [9.17, 15) is 9.59 Å². The van der Waals surface area contributed by atoms with Crippen LogP contribution in [0.15, 0.2) is 4.99 Å². The molecule has 2 amide bonds. The molecule has 1 unspecified atom stereocenters. The van der Waals surface area contributed by atoms with Crippen molar-refractivity contribution in [3.63, 3.8) is 0 Å². The number of aliphatic imine (C=N–C) groups is 1. The molecular formula is C17H31N4O5+. The summed E-state index contributed by atoms with van der Waals surface area (Å²) in [6.45, 7) is 0. The van der Waals surface area contributed by atoms with E-state index in [1.807, 2.05) is 0 Å². The van der Waals surface area contributed by atoms with E-state index in [1.54, 1.807) is 19.6 Å². The van der Waals surface area contributed by atoms with Gasteiger partial charge in [-0.2, -0.15) is 9.83 Å². The van der Waals surface area contributed by atoms with Crippen molar-refractivity contribution in [3.8, 4) is 0 Å².